The minimum absolute atomic E-state index is 0.203. The van der Waals surface area contributed by atoms with Gasteiger partial charge in [-0.3, -0.25) is 9.78 Å². The Morgan fingerprint density at radius 2 is 1.71 bits per heavy atom. The Labute approximate surface area is 181 Å². The van der Waals surface area contributed by atoms with Crippen LogP contribution in [0.3, 0.4) is 0 Å². The normalized spacial score (nSPS) is 14.6. The van der Waals surface area contributed by atoms with Crippen LogP contribution in [0, 0.1) is 6.92 Å². The first-order valence-corrected chi connectivity index (χ1v) is 11.3. The third-order valence-corrected chi connectivity index (χ3v) is 7.13. The Morgan fingerprint density at radius 1 is 1.03 bits per heavy atom. The number of sulfonamides is 1. The van der Waals surface area contributed by atoms with Gasteiger partial charge in [0.05, 0.1) is 35.0 Å². The quantitative estimate of drug-likeness (QED) is 0.641. The van der Waals surface area contributed by atoms with Crippen LogP contribution >= 0.6 is 0 Å². The Balaban J connectivity index is 1.38. The van der Waals surface area contributed by atoms with Crippen molar-refractivity contribution in [1.82, 2.24) is 14.6 Å². The SMILES string of the molecule is COc1ccc(S(=O)(=O)N2CC(NC(=O)c3ccc(-c4ccccc4)nc3C)C2)cc1. The molecule has 31 heavy (non-hydrogen) atoms. The fraction of sp³-hybridized carbons (Fsp3) is 0.217. The minimum Gasteiger partial charge on any atom is -0.497 e. The van der Waals surface area contributed by atoms with Gasteiger partial charge < -0.3 is 10.1 Å². The highest BCUT2D eigenvalue weighted by Gasteiger charge is 2.37. The van der Waals surface area contributed by atoms with Gasteiger partial charge in [-0.15, -0.1) is 0 Å². The molecule has 1 aliphatic heterocycles. The van der Waals surface area contributed by atoms with Gasteiger partial charge in [-0.05, 0) is 43.3 Å². The van der Waals surface area contributed by atoms with E-state index in [1.54, 1.807) is 25.1 Å². The second kappa shape index (κ2) is 8.49. The van der Waals surface area contributed by atoms with Crippen LogP contribution in [0.1, 0.15) is 16.1 Å². The maximum absolute atomic E-state index is 12.7. The van der Waals surface area contributed by atoms with Gasteiger partial charge in [0.1, 0.15) is 5.75 Å². The molecule has 7 nitrogen and oxygen atoms in total. The number of aromatic nitrogens is 1. The summed E-state index contributed by atoms with van der Waals surface area (Å²) < 4.78 is 31.8. The van der Waals surface area contributed by atoms with E-state index in [0.717, 1.165) is 11.3 Å². The zero-order chi connectivity index (χ0) is 22.0. The van der Waals surface area contributed by atoms with Gasteiger partial charge in [0.2, 0.25) is 10.0 Å². The van der Waals surface area contributed by atoms with Crippen LogP contribution in [0.5, 0.6) is 5.75 Å². The van der Waals surface area contributed by atoms with Crippen molar-refractivity contribution in [2.75, 3.05) is 20.2 Å². The fourth-order valence-corrected chi connectivity index (χ4v) is 4.99. The molecule has 3 aromatic rings. The Kier molecular flexibility index (Phi) is 5.75. The van der Waals surface area contributed by atoms with Crippen molar-refractivity contribution in [3.8, 4) is 17.0 Å². The Bertz CT molecular complexity index is 1190. The second-order valence-electron chi connectivity index (χ2n) is 7.36. The molecule has 0 spiro atoms. The average molecular weight is 438 g/mol. The highest BCUT2D eigenvalue weighted by atomic mass is 32.2. The molecule has 0 saturated carbocycles. The van der Waals surface area contributed by atoms with Gasteiger partial charge in [-0.2, -0.15) is 4.31 Å². The number of methoxy groups -OCH3 is 1. The number of aryl methyl sites for hydroxylation is 1. The summed E-state index contributed by atoms with van der Waals surface area (Å²) in [4.78, 5) is 17.4. The van der Waals surface area contributed by atoms with Crippen molar-refractivity contribution in [2.45, 2.75) is 17.9 Å². The lowest BCUT2D eigenvalue weighted by Gasteiger charge is -2.38. The standard InChI is InChI=1S/C23H23N3O4S/c1-16-21(12-13-22(24-16)17-6-4-3-5-7-17)23(27)25-18-14-26(15-18)31(28,29)20-10-8-19(30-2)9-11-20/h3-13,18H,14-15H2,1-2H3,(H,25,27). The summed E-state index contributed by atoms with van der Waals surface area (Å²) in [5, 5.41) is 2.90. The number of amides is 1. The summed E-state index contributed by atoms with van der Waals surface area (Å²) in [7, 11) is -2.06. The summed E-state index contributed by atoms with van der Waals surface area (Å²) in [6.45, 7) is 2.26. The van der Waals surface area contributed by atoms with Gasteiger partial charge in [0.25, 0.3) is 5.91 Å². The number of ether oxygens (including phenoxy) is 1. The summed E-state index contributed by atoms with van der Waals surface area (Å²) in [5.41, 5.74) is 2.89. The van der Waals surface area contributed by atoms with E-state index in [0.29, 0.717) is 17.0 Å². The molecular weight excluding hydrogens is 414 g/mol. The van der Waals surface area contributed by atoms with E-state index in [2.05, 4.69) is 10.3 Å². The lowest BCUT2D eigenvalue weighted by atomic mass is 10.1. The molecule has 2 heterocycles. The number of carbonyl (C=O) groups is 1. The first-order valence-electron chi connectivity index (χ1n) is 9.86. The molecular formula is C23H23N3O4S. The summed E-state index contributed by atoms with van der Waals surface area (Å²) in [5.74, 6) is 0.339. The fourth-order valence-electron chi connectivity index (χ4n) is 3.46. The highest BCUT2D eigenvalue weighted by molar-refractivity contribution is 7.89. The molecule has 2 aromatic carbocycles. The third kappa shape index (κ3) is 4.30. The van der Waals surface area contributed by atoms with Crippen LogP contribution in [-0.4, -0.2) is 49.9 Å². The number of nitrogens with one attached hydrogen (secondary N) is 1. The van der Waals surface area contributed by atoms with E-state index >= 15 is 0 Å². The molecule has 8 heteroatoms. The number of hydrogen-bond acceptors (Lipinski definition) is 5. The smallest absolute Gasteiger partial charge is 0.253 e. The minimum atomic E-state index is -3.59. The monoisotopic (exact) mass is 437 g/mol. The van der Waals surface area contributed by atoms with Gasteiger partial charge in [0.15, 0.2) is 0 Å². The summed E-state index contributed by atoms with van der Waals surface area (Å²) in [6.07, 6.45) is 0. The van der Waals surface area contributed by atoms with Crippen LogP contribution < -0.4 is 10.1 Å². The molecule has 0 radical (unpaired) electrons. The van der Waals surface area contributed by atoms with E-state index in [1.807, 2.05) is 36.4 Å². The van der Waals surface area contributed by atoms with Gasteiger partial charge in [-0.25, -0.2) is 8.42 Å². The molecule has 1 N–H and O–H groups in total. The summed E-state index contributed by atoms with van der Waals surface area (Å²) >= 11 is 0. The second-order valence-corrected chi connectivity index (χ2v) is 9.30. The number of rotatable bonds is 6. The van der Waals surface area contributed by atoms with E-state index in [9.17, 15) is 13.2 Å². The van der Waals surface area contributed by atoms with E-state index < -0.39 is 10.0 Å². The van der Waals surface area contributed by atoms with Gasteiger partial charge in [-0.1, -0.05) is 30.3 Å². The van der Waals surface area contributed by atoms with Crippen LogP contribution in [0.4, 0.5) is 0 Å². The number of nitrogens with zero attached hydrogens (tertiary/aromatic N) is 2. The van der Waals surface area contributed by atoms with Crippen molar-refractivity contribution in [2.24, 2.45) is 0 Å². The molecule has 0 bridgehead atoms. The Hall–Kier alpha value is -3.23. The first kappa shape index (κ1) is 21.0. The lowest BCUT2D eigenvalue weighted by molar-refractivity contribution is 0.0894. The molecule has 1 saturated heterocycles. The zero-order valence-electron chi connectivity index (χ0n) is 17.3. The van der Waals surface area contributed by atoms with E-state index in [1.165, 1.54) is 23.5 Å². The van der Waals surface area contributed by atoms with Crippen molar-refractivity contribution in [3.05, 3.63) is 78.0 Å². The van der Waals surface area contributed by atoms with Crippen molar-refractivity contribution in [1.29, 1.82) is 0 Å². The van der Waals surface area contributed by atoms with Crippen molar-refractivity contribution >= 4 is 15.9 Å². The molecule has 0 unspecified atom stereocenters. The molecule has 1 fully saturated rings. The average Bonchev–Trinajstić information content (AvgIpc) is 2.76. The molecule has 1 aliphatic rings. The third-order valence-electron chi connectivity index (χ3n) is 5.28. The molecule has 0 aliphatic carbocycles. The lowest BCUT2D eigenvalue weighted by Crippen LogP contribution is -2.60. The number of hydrogen-bond donors (Lipinski definition) is 1. The molecule has 4 rings (SSSR count). The Morgan fingerprint density at radius 3 is 2.32 bits per heavy atom. The van der Waals surface area contributed by atoms with E-state index in [4.69, 9.17) is 4.74 Å². The first-order chi connectivity index (χ1) is 14.9. The van der Waals surface area contributed by atoms with Crippen LogP contribution in [0.25, 0.3) is 11.3 Å². The van der Waals surface area contributed by atoms with Crippen molar-refractivity contribution < 1.29 is 17.9 Å². The van der Waals surface area contributed by atoms with Crippen LogP contribution in [0.15, 0.2) is 71.6 Å². The molecule has 1 aromatic heterocycles. The van der Waals surface area contributed by atoms with Crippen LogP contribution in [-0.2, 0) is 10.0 Å². The molecule has 160 valence electrons. The topological polar surface area (TPSA) is 88.6 Å². The number of carbonyl (C=O) groups excluding carboxylic acids is 1. The summed E-state index contributed by atoms with van der Waals surface area (Å²) in [6, 6.07) is 19.3. The molecule has 0 atom stereocenters. The largest absolute Gasteiger partial charge is 0.497 e. The maximum Gasteiger partial charge on any atom is 0.253 e. The van der Waals surface area contributed by atoms with Crippen LogP contribution in [0.2, 0.25) is 0 Å². The number of pyridine rings is 1. The molecule has 1 amide bonds. The van der Waals surface area contributed by atoms with Crippen molar-refractivity contribution in [3.63, 3.8) is 0 Å². The number of benzene rings is 2. The van der Waals surface area contributed by atoms with E-state index in [-0.39, 0.29) is 29.9 Å². The predicted octanol–water partition coefficient (Wildman–Crippen LogP) is 2.87. The highest BCUT2D eigenvalue weighted by Crippen LogP contribution is 2.24. The predicted molar refractivity (Wildman–Crippen MR) is 117 cm³/mol. The van der Waals surface area contributed by atoms with Gasteiger partial charge >= 0.3 is 0 Å². The maximum atomic E-state index is 12.7. The van der Waals surface area contributed by atoms with Gasteiger partial charge in [0, 0.05) is 18.7 Å². The zero-order valence-corrected chi connectivity index (χ0v) is 18.1.